The summed E-state index contributed by atoms with van der Waals surface area (Å²) in [6.07, 6.45) is 2.33. The van der Waals surface area contributed by atoms with Crippen molar-refractivity contribution in [1.82, 2.24) is 9.80 Å². The van der Waals surface area contributed by atoms with Crippen LogP contribution in [0.15, 0.2) is 24.3 Å². The first-order valence-corrected chi connectivity index (χ1v) is 7.79. The van der Waals surface area contributed by atoms with Gasteiger partial charge in [-0.2, -0.15) is 0 Å². The lowest BCUT2D eigenvalue weighted by Crippen LogP contribution is -2.46. The Labute approximate surface area is 126 Å². The molecule has 0 aromatic heterocycles. The molecule has 1 aromatic rings. The molecule has 1 aliphatic heterocycles. The van der Waals surface area contributed by atoms with Crippen LogP contribution in [0.5, 0.6) is 0 Å². The maximum absolute atomic E-state index is 12.0. The summed E-state index contributed by atoms with van der Waals surface area (Å²) in [7, 11) is 3.65. The highest BCUT2D eigenvalue weighted by Gasteiger charge is 2.37. The monoisotopic (exact) mass is 288 g/mol. The minimum absolute atomic E-state index is 0.150. The van der Waals surface area contributed by atoms with Gasteiger partial charge in [0.15, 0.2) is 0 Å². The summed E-state index contributed by atoms with van der Waals surface area (Å²) in [4.78, 5) is 16.1. The van der Waals surface area contributed by atoms with Crippen LogP contribution >= 0.6 is 0 Å². The fraction of sp³-hybridized carbons (Fsp3) is 0.588. The number of rotatable bonds is 2. The molecule has 2 unspecified atom stereocenters. The van der Waals surface area contributed by atoms with Gasteiger partial charge in [-0.05, 0) is 43.5 Å². The number of hydrogen-bond acceptors (Lipinski definition) is 3. The first-order chi connectivity index (χ1) is 10.1. The van der Waals surface area contributed by atoms with E-state index in [2.05, 4.69) is 11.0 Å². The van der Waals surface area contributed by atoms with Crippen LogP contribution in [0.3, 0.4) is 0 Å². The first kappa shape index (κ1) is 14.5. The molecule has 21 heavy (non-hydrogen) atoms. The van der Waals surface area contributed by atoms with Gasteiger partial charge in [-0.15, -0.1) is 0 Å². The Morgan fingerprint density at radius 1 is 1.24 bits per heavy atom. The lowest BCUT2D eigenvalue weighted by molar-refractivity contribution is -0.134. The average molecular weight is 288 g/mol. The molecule has 2 aliphatic rings. The summed E-state index contributed by atoms with van der Waals surface area (Å²) in [5, 5.41) is 10.5. The SMILES string of the molecule is CN(C)C(=O)C1CCN(C2Cc3ccccc3C2O)CC1. The highest BCUT2D eigenvalue weighted by molar-refractivity contribution is 5.78. The highest BCUT2D eigenvalue weighted by Crippen LogP contribution is 2.36. The first-order valence-electron chi connectivity index (χ1n) is 7.79. The highest BCUT2D eigenvalue weighted by atomic mass is 16.3. The summed E-state index contributed by atoms with van der Waals surface area (Å²) in [6.45, 7) is 1.81. The fourth-order valence-electron chi connectivity index (χ4n) is 3.72. The summed E-state index contributed by atoms with van der Waals surface area (Å²) in [6, 6.07) is 8.35. The third-order valence-electron chi connectivity index (χ3n) is 4.96. The van der Waals surface area contributed by atoms with E-state index >= 15 is 0 Å². The molecule has 1 aromatic carbocycles. The molecular weight excluding hydrogens is 264 g/mol. The van der Waals surface area contributed by atoms with Crippen molar-refractivity contribution < 1.29 is 9.90 Å². The number of nitrogens with zero attached hydrogens (tertiary/aromatic N) is 2. The number of aliphatic hydroxyl groups is 1. The van der Waals surface area contributed by atoms with Crippen molar-refractivity contribution in [3.8, 4) is 0 Å². The zero-order chi connectivity index (χ0) is 15.0. The standard InChI is InChI=1S/C17H24N2O2/c1-18(2)17(21)12-7-9-19(10-8-12)15-11-13-5-3-4-6-14(13)16(15)20/h3-6,12,15-16,20H,7-11H2,1-2H3. The summed E-state index contributed by atoms with van der Waals surface area (Å²) < 4.78 is 0. The summed E-state index contributed by atoms with van der Waals surface area (Å²) >= 11 is 0. The summed E-state index contributed by atoms with van der Waals surface area (Å²) in [5.74, 6) is 0.391. The number of hydrogen-bond donors (Lipinski definition) is 1. The molecule has 1 heterocycles. The average Bonchev–Trinajstić information content (AvgIpc) is 2.84. The van der Waals surface area contributed by atoms with Crippen LogP contribution in [-0.4, -0.2) is 54.0 Å². The van der Waals surface area contributed by atoms with Crippen molar-refractivity contribution in [2.75, 3.05) is 27.2 Å². The lowest BCUT2D eigenvalue weighted by Gasteiger charge is -2.37. The Hall–Kier alpha value is -1.39. The molecule has 0 saturated carbocycles. The number of aliphatic hydroxyl groups excluding tert-OH is 1. The maximum atomic E-state index is 12.0. The van der Waals surface area contributed by atoms with Gasteiger partial charge in [0.05, 0.1) is 6.10 Å². The zero-order valence-electron chi connectivity index (χ0n) is 12.8. The molecule has 0 spiro atoms. The largest absolute Gasteiger partial charge is 0.387 e. The Kier molecular flexibility index (Phi) is 4.00. The number of fused-ring (bicyclic) bond motifs is 1. The van der Waals surface area contributed by atoms with Crippen LogP contribution in [0.2, 0.25) is 0 Å². The molecule has 0 bridgehead atoms. The Balaban J connectivity index is 1.63. The molecule has 1 saturated heterocycles. The van der Waals surface area contributed by atoms with Crippen molar-refractivity contribution in [2.45, 2.75) is 31.4 Å². The van der Waals surface area contributed by atoms with Gasteiger partial charge >= 0.3 is 0 Å². The van der Waals surface area contributed by atoms with Gasteiger partial charge in [-0.3, -0.25) is 9.69 Å². The molecule has 1 aliphatic carbocycles. The summed E-state index contributed by atoms with van der Waals surface area (Å²) in [5.41, 5.74) is 2.34. The van der Waals surface area contributed by atoms with Gasteiger partial charge < -0.3 is 10.0 Å². The minimum atomic E-state index is -0.387. The van der Waals surface area contributed by atoms with Crippen molar-refractivity contribution in [3.05, 3.63) is 35.4 Å². The van der Waals surface area contributed by atoms with Crippen LogP contribution < -0.4 is 0 Å². The van der Waals surface area contributed by atoms with Crippen molar-refractivity contribution in [1.29, 1.82) is 0 Å². The second kappa shape index (κ2) is 5.78. The molecule has 1 amide bonds. The normalized spacial score (nSPS) is 26.6. The van der Waals surface area contributed by atoms with E-state index < -0.39 is 0 Å². The Bertz CT molecular complexity index is 521. The van der Waals surface area contributed by atoms with E-state index in [9.17, 15) is 9.90 Å². The van der Waals surface area contributed by atoms with E-state index in [-0.39, 0.29) is 24.0 Å². The number of likely N-dealkylation sites (tertiary alicyclic amines) is 1. The van der Waals surface area contributed by atoms with Crippen LogP contribution in [-0.2, 0) is 11.2 Å². The number of amides is 1. The molecule has 3 rings (SSSR count). The molecule has 2 atom stereocenters. The van der Waals surface area contributed by atoms with Crippen LogP contribution in [0, 0.1) is 5.92 Å². The minimum Gasteiger partial charge on any atom is -0.387 e. The van der Waals surface area contributed by atoms with Gasteiger partial charge in [0, 0.05) is 26.1 Å². The van der Waals surface area contributed by atoms with Gasteiger partial charge in [0.2, 0.25) is 5.91 Å². The topological polar surface area (TPSA) is 43.8 Å². The second-order valence-electron chi connectivity index (χ2n) is 6.46. The molecule has 1 fully saturated rings. The fourth-order valence-corrected chi connectivity index (χ4v) is 3.72. The molecule has 1 N–H and O–H groups in total. The molecule has 4 nitrogen and oxygen atoms in total. The van der Waals surface area contributed by atoms with E-state index in [0.717, 1.165) is 37.9 Å². The van der Waals surface area contributed by atoms with Crippen molar-refractivity contribution >= 4 is 5.91 Å². The zero-order valence-corrected chi connectivity index (χ0v) is 12.8. The van der Waals surface area contributed by atoms with Gasteiger partial charge in [-0.25, -0.2) is 0 Å². The van der Waals surface area contributed by atoms with E-state index in [1.54, 1.807) is 4.90 Å². The smallest absolute Gasteiger partial charge is 0.225 e. The van der Waals surface area contributed by atoms with Gasteiger partial charge in [-0.1, -0.05) is 24.3 Å². The molecule has 114 valence electrons. The van der Waals surface area contributed by atoms with Crippen LogP contribution in [0.4, 0.5) is 0 Å². The molecule has 0 radical (unpaired) electrons. The predicted molar refractivity (Wildman–Crippen MR) is 81.9 cm³/mol. The van der Waals surface area contributed by atoms with Crippen LogP contribution in [0.25, 0.3) is 0 Å². The third-order valence-corrected chi connectivity index (χ3v) is 4.96. The van der Waals surface area contributed by atoms with Crippen molar-refractivity contribution in [2.24, 2.45) is 5.92 Å². The van der Waals surface area contributed by atoms with E-state index in [4.69, 9.17) is 0 Å². The van der Waals surface area contributed by atoms with Gasteiger partial charge in [0.1, 0.15) is 0 Å². The Morgan fingerprint density at radius 3 is 2.52 bits per heavy atom. The predicted octanol–water partition coefficient (Wildman–Crippen LogP) is 1.44. The molecular formula is C17H24N2O2. The van der Waals surface area contributed by atoms with E-state index in [1.165, 1.54) is 5.56 Å². The van der Waals surface area contributed by atoms with Crippen molar-refractivity contribution in [3.63, 3.8) is 0 Å². The van der Waals surface area contributed by atoms with E-state index in [1.807, 2.05) is 32.3 Å². The number of carbonyl (C=O) groups is 1. The second-order valence-corrected chi connectivity index (χ2v) is 6.46. The maximum Gasteiger partial charge on any atom is 0.225 e. The lowest BCUT2D eigenvalue weighted by atomic mass is 9.93. The molecule has 4 heteroatoms. The third kappa shape index (κ3) is 2.70. The number of benzene rings is 1. The Morgan fingerprint density at radius 2 is 1.90 bits per heavy atom. The number of piperidine rings is 1. The van der Waals surface area contributed by atoms with E-state index in [0.29, 0.717) is 0 Å². The van der Waals surface area contributed by atoms with Crippen LogP contribution in [0.1, 0.15) is 30.1 Å². The van der Waals surface area contributed by atoms with Gasteiger partial charge in [0.25, 0.3) is 0 Å². The number of carbonyl (C=O) groups excluding carboxylic acids is 1. The quantitative estimate of drug-likeness (QED) is 0.895.